The number of nitrogens with two attached hydrogens (primary N) is 1. The molecule has 1 saturated heterocycles. The van der Waals surface area contributed by atoms with Crippen LogP contribution in [0, 0.1) is 16.0 Å². The van der Waals surface area contributed by atoms with Crippen molar-refractivity contribution in [1.82, 2.24) is 10.2 Å². The van der Waals surface area contributed by atoms with Crippen LogP contribution in [0.1, 0.15) is 16.8 Å². The fraction of sp³-hybridized carbons (Fsp3) is 0.462. The second-order valence-corrected chi connectivity index (χ2v) is 4.99. The fourth-order valence-electron chi connectivity index (χ4n) is 2.49. The number of nitro groups is 1. The summed E-state index contributed by atoms with van der Waals surface area (Å²) in [6, 6.07) is 3.97. The Hall–Kier alpha value is -1.86. The van der Waals surface area contributed by atoms with E-state index >= 15 is 0 Å². The zero-order valence-corrected chi connectivity index (χ0v) is 12.6. The van der Waals surface area contributed by atoms with Crippen LogP contribution in [0.25, 0.3) is 0 Å². The number of rotatable bonds is 4. The van der Waals surface area contributed by atoms with Gasteiger partial charge in [-0.2, -0.15) is 0 Å². The number of carbonyl (C=O) groups excluding carboxylic acids is 1. The number of halogens is 1. The van der Waals surface area contributed by atoms with Gasteiger partial charge in [0.15, 0.2) is 0 Å². The van der Waals surface area contributed by atoms with E-state index in [-0.39, 0.29) is 35.3 Å². The Kier molecular flexibility index (Phi) is 5.92. The zero-order valence-electron chi connectivity index (χ0n) is 11.7. The number of non-ortho nitro benzene ring substituents is 1. The lowest BCUT2D eigenvalue weighted by Gasteiger charge is -2.17. The minimum Gasteiger partial charge on any atom is -0.398 e. The van der Waals surface area contributed by atoms with E-state index in [4.69, 9.17) is 5.73 Å². The van der Waals surface area contributed by atoms with Gasteiger partial charge in [-0.15, -0.1) is 12.4 Å². The van der Waals surface area contributed by atoms with Crippen LogP contribution in [0.3, 0.4) is 0 Å². The fourth-order valence-corrected chi connectivity index (χ4v) is 2.49. The number of nitro benzene ring substituents is 1. The second kappa shape index (κ2) is 7.24. The first-order valence-electron chi connectivity index (χ1n) is 6.50. The maximum Gasteiger partial charge on any atom is 0.270 e. The molecule has 1 aliphatic heterocycles. The van der Waals surface area contributed by atoms with Crippen molar-refractivity contribution < 1.29 is 9.72 Å². The van der Waals surface area contributed by atoms with E-state index in [1.54, 1.807) is 4.90 Å². The minimum absolute atomic E-state index is 0. The van der Waals surface area contributed by atoms with Crippen LogP contribution in [-0.4, -0.2) is 42.4 Å². The van der Waals surface area contributed by atoms with Crippen LogP contribution in [0.2, 0.25) is 0 Å². The molecular weight excluding hydrogens is 296 g/mol. The van der Waals surface area contributed by atoms with Gasteiger partial charge in [-0.05, 0) is 32.0 Å². The molecule has 0 bridgehead atoms. The average molecular weight is 315 g/mol. The molecular formula is C13H19ClN4O3. The third-order valence-electron chi connectivity index (χ3n) is 3.54. The van der Waals surface area contributed by atoms with Crippen molar-refractivity contribution >= 4 is 29.7 Å². The minimum atomic E-state index is -0.524. The number of hydrogen-bond acceptors (Lipinski definition) is 5. The number of benzene rings is 1. The average Bonchev–Trinajstić information content (AvgIpc) is 2.87. The van der Waals surface area contributed by atoms with E-state index in [2.05, 4.69) is 5.32 Å². The summed E-state index contributed by atoms with van der Waals surface area (Å²) in [5.74, 6) is 0.189. The topological polar surface area (TPSA) is 102 Å². The van der Waals surface area contributed by atoms with Crippen molar-refractivity contribution in [3.05, 3.63) is 33.9 Å². The monoisotopic (exact) mass is 314 g/mol. The summed E-state index contributed by atoms with van der Waals surface area (Å²) in [5, 5.41) is 13.9. The van der Waals surface area contributed by atoms with E-state index < -0.39 is 4.92 Å². The van der Waals surface area contributed by atoms with E-state index in [9.17, 15) is 14.9 Å². The van der Waals surface area contributed by atoms with Gasteiger partial charge < -0.3 is 16.0 Å². The number of hydrogen-bond donors (Lipinski definition) is 2. The van der Waals surface area contributed by atoms with Crippen LogP contribution in [0.15, 0.2) is 18.2 Å². The highest BCUT2D eigenvalue weighted by atomic mass is 35.5. The molecule has 0 aliphatic carbocycles. The molecule has 1 unspecified atom stereocenters. The van der Waals surface area contributed by atoms with Gasteiger partial charge in [0, 0.05) is 30.9 Å². The molecule has 1 atom stereocenters. The van der Waals surface area contributed by atoms with Crippen molar-refractivity contribution in [2.24, 2.45) is 5.92 Å². The largest absolute Gasteiger partial charge is 0.398 e. The lowest BCUT2D eigenvalue weighted by molar-refractivity contribution is -0.384. The molecule has 1 aliphatic rings. The van der Waals surface area contributed by atoms with Crippen LogP contribution >= 0.6 is 12.4 Å². The Balaban J connectivity index is 0.00000220. The van der Waals surface area contributed by atoms with Gasteiger partial charge in [0.25, 0.3) is 11.6 Å². The third-order valence-corrected chi connectivity index (χ3v) is 3.54. The highest BCUT2D eigenvalue weighted by molar-refractivity contribution is 5.99. The molecule has 8 heteroatoms. The first-order chi connectivity index (χ1) is 9.52. The van der Waals surface area contributed by atoms with Gasteiger partial charge in [-0.3, -0.25) is 14.9 Å². The molecule has 0 saturated carbocycles. The summed E-state index contributed by atoms with van der Waals surface area (Å²) in [5.41, 5.74) is 6.14. The number of amides is 1. The second-order valence-electron chi connectivity index (χ2n) is 4.99. The lowest BCUT2D eigenvalue weighted by atomic mass is 10.1. The van der Waals surface area contributed by atoms with E-state index in [0.29, 0.717) is 19.0 Å². The summed E-state index contributed by atoms with van der Waals surface area (Å²) in [6.45, 7) is 2.17. The Morgan fingerprint density at radius 1 is 1.57 bits per heavy atom. The first kappa shape index (κ1) is 17.2. The van der Waals surface area contributed by atoms with E-state index in [0.717, 1.165) is 13.0 Å². The zero-order chi connectivity index (χ0) is 14.7. The standard InChI is InChI=1S/C13H18N4O3.ClH/c1-15-7-9-4-5-16(8-9)13(18)11-6-10(17(19)20)2-3-12(11)14;/h2-3,6,9,15H,4-5,7-8,14H2,1H3;1H. The predicted molar refractivity (Wildman–Crippen MR) is 82.7 cm³/mol. The summed E-state index contributed by atoms with van der Waals surface area (Å²) in [6.07, 6.45) is 0.932. The lowest BCUT2D eigenvalue weighted by Crippen LogP contribution is -2.30. The molecule has 7 nitrogen and oxygen atoms in total. The number of anilines is 1. The Bertz CT molecular complexity index is 538. The van der Waals surface area contributed by atoms with Crippen LogP contribution in [0.5, 0.6) is 0 Å². The summed E-state index contributed by atoms with van der Waals surface area (Å²) >= 11 is 0. The Morgan fingerprint density at radius 3 is 2.90 bits per heavy atom. The normalized spacial score (nSPS) is 17.4. The molecule has 116 valence electrons. The van der Waals surface area contributed by atoms with Gasteiger partial charge in [-0.1, -0.05) is 0 Å². The SMILES string of the molecule is CNCC1CCN(C(=O)c2cc([N+](=O)[O-])ccc2N)C1.Cl. The van der Waals surface area contributed by atoms with Crippen LogP contribution in [0.4, 0.5) is 11.4 Å². The van der Waals surface area contributed by atoms with Gasteiger partial charge >= 0.3 is 0 Å². The van der Waals surface area contributed by atoms with Crippen molar-refractivity contribution in [1.29, 1.82) is 0 Å². The van der Waals surface area contributed by atoms with Gasteiger partial charge in [0.1, 0.15) is 0 Å². The van der Waals surface area contributed by atoms with Crippen molar-refractivity contribution in [3.63, 3.8) is 0 Å². The first-order valence-corrected chi connectivity index (χ1v) is 6.50. The quantitative estimate of drug-likeness (QED) is 0.495. The molecule has 2 rings (SSSR count). The maximum absolute atomic E-state index is 12.4. The molecule has 1 heterocycles. The third kappa shape index (κ3) is 3.83. The Morgan fingerprint density at radius 2 is 2.29 bits per heavy atom. The van der Waals surface area contributed by atoms with Gasteiger partial charge in [0.05, 0.1) is 10.5 Å². The number of nitrogens with zero attached hydrogens (tertiary/aromatic N) is 2. The van der Waals surface area contributed by atoms with Gasteiger partial charge in [-0.25, -0.2) is 0 Å². The predicted octanol–water partition coefficient (Wildman–Crippen LogP) is 1.28. The van der Waals surface area contributed by atoms with Crippen molar-refractivity contribution in [2.75, 3.05) is 32.4 Å². The molecule has 3 N–H and O–H groups in total. The Labute approximate surface area is 129 Å². The van der Waals surface area contributed by atoms with Gasteiger partial charge in [0.2, 0.25) is 0 Å². The van der Waals surface area contributed by atoms with Crippen molar-refractivity contribution in [2.45, 2.75) is 6.42 Å². The number of likely N-dealkylation sites (tertiary alicyclic amines) is 1. The molecule has 0 aromatic heterocycles. The molecule has 0 spiro atoms. The summed E-state index contributed by atoms with van der Waals surface area (Å²) in [7, 11) is 1.88. The number of carbonyl (C=O) groups is 1. The molecule has 1 fully saturated rings. The van der Waals surface area contributed by atoms with Crippen LogP contribution < -0.4 is 11.1 Å². The number of nitrogens with one attached hydrogen (secondary N) is 1. The highest BCUT2D eigenvalue weighted by Gasteiger charge is 2.28. The smallest absolute Gasteiger partial charge is 0.270 e. The molecule has 0 radical (unpaired) electrons. The number of nitrogen functional groups attached to an aromatic ring is 1. The summed E-state index contributed by atoms with van der Waals surface area (Å²) < 4.78 is 0. The maximum atomic E-state index is 12.4. The van der Waals surface area contributed by atoms with E-state index in [1.165, 1.54) is 18.2 Å². The van der Waals surface area contributed by atoms with Crippen molar-refractivity contribution in [3.8, 4) is 0 Å². The molecule has 1 aromatic rings. The van der Waals surface area contributed by atoms with E-state index in [1.807, 2.05) is 7.05 Å². The van der Waals surface area contributed by atoms with Crippen LogP contribution in [-0.2, 0) is 0 Å². The molecule has 1 amide bonds. The highest BCUT2D eigenvalue weighted by Crippen LogP contribution is 2.24. The summed E-state index contributed by atoms with van der Waals surface area (Å²) in [4.78, 5) is 24.4. The molecule has 1 aromatic carbocycles. The molecule has 21 heavy (non-hydrogen) atoms.